The Balaban J connectivity index is 1.60. The predicted molar refractivity (Wildman–Crippen MR) is 63.4 cm³/mol. The fraction of sp³-hybridized carbons (Fsp3) is 1.00. The Labute approximate surface area is 94.8 Å². The summed E-state index contributed by atoms with van der Waals surface area (Å²) in [6.07, 6.45) is 10.3. The maximum absolute atomic E-state index is 5.94. The van der Waals surface area contributed by atoms with Gasteiger partial charge in [-0.25, -0.2) is 0 Å². The molecule has 2 unspecified atom stereocenters. The molecular weight excluding hydrogens is 275 g/mol. The molecule has 2 rings (SSSR count). The summed E-state index contributed by atoms with van der Waals surface area (Å²) < 4.78 is 6.72. The first kappa shape index (κ1) is 10.2. The van der Waals surface area contributed by atoms with Crippen LogP contribution in [0.1, 0.15) is 44.9 Å². The van der Waals surface area contributed by atoms with Crippen molar-refractivity contribution < 1.29 is 4.74 Å². The smallest absolute Gasteiger partial charge is 0.0692 e. The number of rotatable bonds is 4. The first-order valence-corrected chi connectivity index (χ1v) is 6.86. The van der Waals surface area contributed by atoms with Crippen LogP contribution < -0.4 is 0 Å². The maximum Gasteiger partial charge on any atom is 0.0692 e. The largest absolute Gasteiger partial charge is 0.377 e. The topological polar surface area (TPSA) is 9.23 Å². The van der Waals surface area contributed by atoms with Gasteiger partial charge in [-0.05, 0) is 25.2 Å². The minimum atomic E-state index is 0.577. The van der Waals surface area contributed by atoms with Crippen LogP contribution >= 0.6 is 22.6 Å². The second-order valence-electron chi connectivity index (χ2n) is 4.44. The van der Waals surface area contributed by atoms with Gasteiger partial charge in [0.05, 0.1) is 6.10 Å². The van der Waals surface area contributed by atoms with Crippen LogP contribution in [0.15, 0.2) is 0 Å². The highest BCUT2D eigenvalue weighted by Crippen LogP contribution is 2.33. The highest BCUT2D eigenvalue weighted by atomic mass is 127. The Morgan fingerprint density at radius 2 is 1.85 bits per heavy atom. The van der Waals surface area contributed by atoms with E-state index in [4.69, 9.17) is 4.74 Å². The SMILES string of the molecule is IC1CCCCC1OCCC1CC1. The van der Waals surface area contributed by atoms with Crippen LogP contribution in [-0.2, 0) is 4.74 Å². The third kappa shape index (κ3) is 3.39. The molecule has 0 aliphatic heterocycles. The normalized spacial score (nSPS) is 34.8. The Morgan fingerprint density at radius 3 is 2.54 bits per heavy atom. The molecule has 0 amide bonds. The molecule has 2 fully saturated rings. The van der Waals surface area contributed by atoms with Crippen molar-refractivity contribution in [3.8, 4) is 0 Å². The molecule has 0 aromatic carbocycles. The van der Waals surface area contributed by atoms with Crippen molar-refractivity contribution in [3.63, 3.8) is 0 Å². The van der Waals surface area contributed by atoms with Gasteiger partial charge in [-0.1, -0.05) is 48.3 Å². The van der Waals surface area contributed by atoms with Gasteiger partial charge in [0.1, 0.15) is 0 Å². The van der Waals surface area contributed by atoms with Crippen LogP contribution in [0.25, 0.3) is 0 Å². The van der Waals surface area contributed by atoms with Crippen LogP contribution in [0.2, 0.25) is 0 Å². The summed E-state index contributed by atoms with van der Waals surface area (Å²) in [6, 6.07) is 0. The van der Waals surface area contributed by atoms with Gasteiger partial charge in [0, 0.05) is 10.5 Å². The van der Waals surface area contributed by atoms with Crippen molar-refractivity contribution in [2.75, 3.05) is 6.61 Å². The molecule has 0 N–H and O–H groups in total. The van der Waals surface area contributed by atoms with E-state index < -0.39 is 0 Å². The van der Waals surface area contributed by atoms with E-state index in [1.165, 1.54) is 44.9 Å². The minimum Gasteiger partial charge on any atom is -0.377 e. The minimum absolute atomic E-state index is 0.577. The second-order valence-corrected chi connectivity index (χ2v) is 6.04. The molecule has 2 saturated carbocycles. The highest BCUT2D eigenvalue weighted by molar-refractivity contribution is 14.1. The number of hydrogen-bond donors (Lipinski definition) is 0. The highest BCUT2D eigenvalue weighted by Gasteiger charge is 2.25. The standard InChI is InChI=1S/C11H19IO/c12-10-3-1-2-4-11(10)13-8-7-9-5-6-9/h9-11H,1-8H2. The van der Waals surface area contributed by atoms with Gasteiger partial charge in [-0.2, -0.15) is 0 Å². The monoisotopic (exact) mass is 294 g/mol. The molecule has 0 heterocycles. The van der Waals surface area contributed by atoms with E-state index in [1.807, 2.05) is 0 Å². The molecule has 2 aliphatic rings. The van der Waals surface area contributed by atoms with Gasteiger partial charge >= 0.3 is 0 Å². The van der Waals surface area contributed by atoms with Gasteiger partial charge in [0.2, 0.25) is 0 Å². The van der Waals surface area contributed by atoms with Gasteiger partial charge in [-0.3, -0.25) is 0 Å². The van der Waals surface area contributed by atoms with Crippen molar-refractivity contribution in [2.24, 2.45) is 5.92 Å². The summed E-state index contributed by atoms with van der Waals surface area (Å²) in [5.74, 6) is 1.02. The van der Waals surface area contributed by atoms with Gasteiger partial charge in [0.25, 0.3) is 0 Å². The van der Waals surface area contributed by atoms with Crippen LogP contribution in [-0.4, -0.2) is 16.6 Å². The quantitative estimate of drug-likeness (QED) is 0.569. The Morgan fingerprint density at radius 1 is 1.08 bits per heavy atom. The summed E-state index contributed by atoms with van der Waals surface area (Å²) >= 11 is 2.57. The second kappa shape index (κ2) is 4.96. The van der Waals surface area contributed by atoms with E-state index in [0.29, 0.717) is 6.10 Å². The number of ether oxygens (including phenoxy) is 1. The zero-order valence-corrected chi connectivity index (χ0v) is 10.3. The lowest BCUT2D eigenvalue weighted by Crippen LogP contribution is -2.28. The van der Waals surface area contributed by atoms with Crippen molar-refractivity contribution in [3.05, 3.63) is 0 Å². The molecule has 1 nitrogen and oxygen atoms in total. The van der Waals surface area contributed by atoms with Crippen molar-refractivity contribution >= 4 is 22.6 Å². The average Bonchev–Trinajstić information content (AvgIpc) is 2.92. The Kier molecular flexibility index (Phi) is 3.90. The molecule has 76 valence electrons. The fourth-order valence-corrected chi connectivity index (χ4v) is 3.04. The number of hydrogen-bond acceptors (Lipinski definition) is 1. The maximum atomic E-state index is 5.94. The van der Waals surface area contributed by atoms with Crippen LogP contribution in [0, 0.1) is 5.92 Å². The van der Waals surface area contributed by atoms with E-state index in [9.17, 15) is 0 Å². The lowest BCUT2D eigenvalue weighted by Gasteiger charge is -2.27. The van der Waals surface area contributed by atoms with Gasteiger partial charge < -0.3 is 4.74 Å². The lowest BCUT2D eigenvalue weighted by atomic mass is 9.98. The Hall–Kier alpha value is 0.690. The van der Waals surface area contributed by atoms with E-state index in [0.717, 1.165) is 16.4 Å². The molecule has 13 heavy (non-hydrogen) atoms. The van der Waals surface area contributed by atoms with Crippen molar-refractivity contribution in [1.29, 1.82) is 0 Å². The molecule has 2 aliphatic carbocycles. The van der Waals surface area contributed by atoms with Crippen LogP contribution in [0.5, 0.6) is 0 Å². The van der Waals surface area contributed by atoms with Crippen LogP contribution in [0.4, 0.5) is 0 Å². The van der Waals surface area contributed by atoms with E-state index >= 15 is 0 Å². The molecule has 2 atom stereocenters. The summed E-state index contributed by atoms with van der Waals surface area (Å²) in [4.78, 5) is 0. The fourth-order valence-electron chi connectivity index (χ4n) is 2.03. The third-order valence-corrected chi connectivity index (χ3v) is 4.60. The zero-order chi connectivity index (χ0) is 9.10. The molecule has 0 aromatic rings. The first-order chi connectivity index (χ1) is 6.36. The Bertz CT molecular complexity index is 156. The van der Waals surface area contributed by atoms with E-state index in [-0.39, 0.29) is 0 Å². The summed E-state index contributed by atoms with van der Waals surface area (Å²) in [7, 11) is 0. The van der Waals surface area contributed by atoms with Crippen molar-refractivity contribution in [2.45, 2.75) is 55.0 Å². The van der Waals surface area contributed by atoms with Crippen molar-refractivity contribution in [1.82, 2.24) is 0 Å². The molecule has 0 bridgehead atoms. The first-order valence-electron chi connectivity index (χ1n) is 5.62. The van der Waals surface area contributed by atoms with Gasteiger partial charge in [0.15, 0.2) is 0 Å². The molecule has 2 heteroatoms. The third-order valence-electron chi connectivity index (χ3n) is 3.18. The summed E-state index contributed by atoms with van der Waals surface area (Å²) in [5, 5.41) is 0. The average molecular weight is 294 g/mol. The van der Waals surface area contributed by atoms with E-state index in [1.54, 1.807) is 0 Å². The zero-order valence-electron chi connectivity index (χ0n) is 8.18. The number of halogens is 1. The van der Waals surface area contributed by atoms with E-state index in [2.05, 4.69) is 22.6 Å². The molecular formula is C11H19IO. The summed E-state index contributed by atoms with van der Waals surface area (Å²) in [6.45, 7) is 1.02. The molecule has 0 aromatic heterocycles. The van der Waals surface area contributed by atoms with Gasteiger partial charge in [-0.15, -0.1) is 0 Å². The number of alkyl halides is 1. The molecule has 0 radical (unpaired) electrons. The lowest BCUT2D eigenvalue weighted by molar-refractivity contribution is 0.0330. The summed E-state index contributed by atoms with van der Waals surface area (Å²) in [5.41, 5.74) is 0. The molecule has 0 spiro atoms. The molecule has 0 saturated heterocycles. The predicted octanol–water partition coefficient (Wildman–Crippen LogP) is 3.55. The van der Waals surface area contributed by atoms with Crippen LogP contribution in [0.3, 0.4) is 0 Å².